The monoisotopic (exact) mass is 165 g/mol. The standard InChI is InChI=1S/C9H11NO2/c1-2-6-3-8(10)7(5-11)4-9(6)12/h3-5,12H,2,10H2,1H3. The summed E-state index contributed by atoms with van der Waals surface area (Å²) in [5.41, 5.74) is 7.05. The minimum Gasteiger partial charge on any atom is -0.508 e. The fourth-order valence-electron chi connectivity index (χ4n) is 1.05. The summed E-state index contributed by atoms with van der Waals surface area (Å²) in [6, 6.07) is 3.01. The van der Waals surface area contributed by atoms with E-state index in [1.165, 1.54) is 6.07 Å². The van der Waals surface area contributed by atoms with Gasteiger partial charge in [-0.2, -0.15) is 0 Å². The summed E-state index contributed by atoms with van der Waals surface area (Å²) in [7, 11) is 0. The zero-order valence-electron chi connectivity index (χ0n) is 6.87. The number of aromatic hydroxyl groups is 1. The number of phenolic OH excluding ortho intramolecular Hbond substituents is 1. The highest BCUT2D eigenvalue weighted by molar-refractivity contribution is 5.84. The van der Waals surface area contributed by atoms with Gasteiger partial charge in [0.1, 0.15) is 5.75 Å². The van der Waals surface area contributed by atoms with Gasteiger partial charge in [-0.15, -0.1) is 0 Å². The van der Waals surface area contributed by atoms with E-state index in [-0.39, 0.29) is 5.75 Å². The molecule has 3 heteroatoms. The van der Waals surface area contributed by atoms with Gasteiger partial charge in [-0.25, -0.2) is 0 Å². The summed E-state index contributed by atoms with van der Waals surface area (Å²) in [5.74, 6) is 0.133. The summed E-state index contributed by atoms with van der Waals surface area (Å²) in [4.78, 5) is 10.4. The van der Waals surface area contributed by atoms with Crippen LogP contribution in [0.15, 0.2) is 12.1 Å². The van der Waals surface area contributed by atoms with E-state index in [2.05, 4.69) is 0 Å². The Bertz CT molecular complexity index is 308. The molecule has 0 amide bonds. The zero-order chi connectivity index (χ0) is 9.14. The topological polar surface area (TPSA) is 63.3 Å². The molecule has 0 aliphatic carbocycles. The fourth-order valence-corrected chi connectivity index (χ4v) is 1.05. The van der Waals surface area contributed by atoms with Crippen LogP contribution < -0.4 is 5.73 Å². The molecule has 0 aliphatic heterocycles. The molecule has 3 nitrogen and oxygen atoms in total. The van der Waals surface area contributed by atoms with Crippen LogP contribution in [0.25, 0.3) is 0 Å². The van der Waals surface area contributed by atoms with Gasteiger partial charge in [0.2, 0.25) is 0 Å². The number of hydrogen-bond donors (Lipinski definition) is 2. The normalized spacial score (nSPS) is 9.75. The quantitative estimate of drug-likeness (QED) is 0.395. The molecule has 0 radical (unpaired) electrons. The van der Waals surface area contributed by atoms with Crippen LogP contribution in [0.3, 0.4) is 0 Å². The van der Waals surface area contributed by atoms with Crippen molar-refractivity contribution < 1.29 is 9.90 Å². The van der Waals surface area contributed by atoms with E-state index in [0.29, 0.717) is 24.0 Å². The number of carbonyl (C=O) groups is 1. The van der Waals surface area contributed by atoms with Crippen molar-refractivity contribution in [1.29, 1.82) is 0 Å². The van der Waals surface area contributed by atoms with Crippen molar-refractivity contribution in [3.63, 3.8) is 0 Å². The van der Waals surface area contributed by atoms with Crippen LogP contribution in [0.2, 0.25) is 0 Å². The first-order valence-electron chi connectivity index (χ1n) is 3.75. The molecule has 0 aliphatic rings. The Kier molecular flexibility index (Phi) is 2.33. The third kappa shape index (κ3) is 1.39. The second-order valence-electron chi connectivity index (χ2n) is 2.58. The summed E-state index contributed by atoms with van der Waals surface area (Å²) in [6.45, 7) is 1.91. The third-order valence-electron chi connectivity index (χ3n) is 1.79. The molecule has 0 aromatic heterocycles. The first kappa shape index (κ1) is 8.59. The van der Waals surface area contributed by atoms with Crippen LogP contribution in [0.1, 0.15) is 22.8 Å². The molecule has 3 N–H and O–H groups in total. The van der Waals surface area contributed by atoms with Crippen molar-refractivity contribution in [3.05, 3.63) is 23.3 Å². The minimum atomic E-state index is 0.133. The van der Waals surface area contributed by atoms with Gasteiger partial charge < -0.3 is 10.8 Å². The molecule has 1 aromatic rings. The largest absolute Gasteiger partial charge is 0.508 e. The number of aldehydes is 1. The molecule has 0 saturated heterocycles. The summed E-state index contributed by atoms with van der Waals surface area (Å²) in [6.07, 6.45) is 1.34. The number of nitrogens with two attached hydrogens (primary N) is 1. The van der Waals surface area contributed by atoms with Gasteiger partial charge in [0, 0.05) is 11.3 Å². The number of benzene rings is 1. The van der Waals surface area contributed by atoms with Crippen molar-refractivity contribution >= 4 is 12.0 Å². The van der Waals surface area contributed by atoms with Crippen molar-refractivity contribution in [1.82, 2.24) is 0 Å². The molecule has 12 heavy (non-hydrogen) atoms. The molecule has 0 heterocycles. The van der Waals surface area contributed by atoms with Gasteiger partial charge in [0.15, 0.2) is 6.29 Å². The number of nitrogen functional groups attached to an aromatic ring is 1. The Morgan fingerprint density at radius 1 is 1.58 bits per heavy atom. The number of aryl methyl sites for hydroxylation is 1. The first-order valence-corrected chi connectivity index (χ1v) is 3.75. The van der Waals surface area contributed by atoms with Crippen LogP contribution in [0, 0.1) is 0 Å². The maximum absolute atomic E-state index is 10.4. The molecular formula is C9H11NO2. The first-order chi connectivity index (χ1) is 5.69. The lowest BCUT2D eigenvalue weighted by molar-refractivity contribution is 0.112. The maximum atomic E-state index is 10.4. The molecular weight excluding hydrogens is 154 g/mol. The molecule has 0 saturated carbocycles. The van der Waals surface area contributed by atoms with Crippen LogP contribution >= 0.6 is 0 Å². The number of rotatable bonds is 2. The molecule has 1 rings (SSSR count). The summed E-state index contributed by atoms with van der Waals surface area (Å²) < 4.78 is 0. The predicted octanol–water partition coefficient (Wildman–Crippen LogP) is 1.35. The van der Waals surface area contributed by atoms with E-state index in [9.17, 15) is 9.90 Å². The Morgan fingerprint density at radius 3 is 2.75 bits per heavy atom. The SMILES string of the molecule is CCc1cc(N)c(C=O)cc1O. The predicted molar refractivity (Wildman–Crippen MR) is 47.3 cm³/mol. The lowest BCUT2D eigenvalue weighted by Crippen LogP contribution is -1.94. The van der Waals surface area contributed by atoms with Gasteiger partial charge in [-0.05, 0) is 24.1 Å². The Balaban J connectivity index is 3.25. The molecule has 0 unspecified atom stereocenters. The van der Waals surface area contributed by atoms with Crippen molar-refractivity contribution in [2.45, 2.75) is 13.3 Å². The Hall–Kier alpha value is -1.51. The number of hydrogen-bond acceptors (Lipinski definition) is 3. The van der Waals surface area contributed by atoms with Crippen LogP contribution in [-0.4, -0.2) is 11.4 Å². The van der Waals surface area contributed by atoms with Gasteiger partial charge in [-0.3, -0.25) is 4.79 Å². The lowest BCUT2D eigenvalue weighted by atomic mass is 10.1. The second-order valence-corrected chi connectivity index (χ2v) is 2.58. The van der Waals surface area contributed by atoms with Crippen LogP contribution in [0.4, 0.5) is 5.69 Å². The van der Waals surface area contributed by atoms with Gasteiger partial charge in [0.05, 0.1) is 0 Å². The van der Waals surface area contributed by atoms with Gasteiger partial charge in [-0.1, -0.05) is 6.92 Å². The molecule has 0 atom stereocenters. The second kappa shape index (κ2) is 3.26. The highest BCUT2D eigenvalue weighted by Crippen LogP contribution is 2.23. The van der Waals surface area contributed by atoms with E-state index < -0.39 is 0 Å². The maximum Gasteiger partial charge on any atom is 0.152 e. The summed E-state index contributed by atoms with van der Waals surface area (Å²) >= 11 is 0. The molecule has 1 aromatic carbocycles. The Morgan fingerprint density at radius 2 is 2.25 bits per heavy atom. The average molecular weight is 165 g/mol. The van der Waals surface area contributed by atoms with E-state index in [1.54, 1.807) is 6.07 Å². The van der Waals surface area contributed by atoms with Crippen LogP contribution in [0.5, 0.6) is 5.75 Å². The van der Waals surface area contributed by atoms with E-state index in [4.69, 9.17) is 5.73 Å². The molecule has 0 fully saturated rings. The Labute approximate surface area is 70.8 Å². The van der Waals surface area contributed by atoms with Gasteiger partial charge in [0.25, 0.3) is 0 Å². The number of phenols is 1. The zero-order valence-corrected chi connectivity index (χ0v) is 6.87. The number of anilines is 1. The highest BCUT2D eigenvalue weighted by Gasteiger charge is 2.04. The molecule has 0 spiro atoms. The highest BCUT2D eigenvalue weighted by atomic mass is 16.3. The third-order valence-corrected chi connectivity index (χ3v) is 1.79. The van der Waals surface area contributed by atoms with E-state index >= 15 is 0 Å². The van der Waals surface area contributed by atoms with Gasteiger partial charge >= 0.3 is 0 Å². The van der Waals surface area contributed by atoms with Crippen LogP contribution in [-0.2, 0) is 6.42 Å². The lowest BCUT2D eigenvalue weighted by Gasteiger charge is -2.04. The van der Waals surface area contributed by atoms with Crippen molar-refractivity contribution in [2.24, 2.45) is 0 Å². The minimum absolute atomic E-state index is 0.133. The van der Waals surface area contributed by atoms with E-state index in [0.717, 1.165) is 5.56 Å². The van der Waals surface area contributed by atoms with E-state index in [1.807, 2.05) is 6.92 Å². The molecule has 64 valence electrons. The molecule has 0 bridgehead atoms. The average Bonchev–Trinajstić information content (AvgIpc) is 2.08. The number of carbonyl (C=O) groups excluding carboxylic acids is 1. The smallest absolute Gasteiger partial charge is 0.152 e. The summed E-state index contributed by atoms with van der Waals surface area (Å²) in [5, 5.41) is 9.33. The van der Waals surface area contributed by atoms with Crippen molar-refractivity contribution in [3.8, 4) is 5.75 Å². The van der Waals surface area contributed by atoms with Crippen molar-refractivity contribution in [2.75, 3.05) is 5.73 Å². The fraction of sp³-hybridized carbons (Fsp3) is 0.222.